The Kier molecular flexibility index (Phi) is 5.38. The Labute approximate surface area is 91.4 Å². The first-order valence-electron chi connectivity index (χ1n) is 5.62. The Bertz CT molecular complexity index is 184. The minimum atomic E-state index is 0.265. The van der Waals surface area contributed by atoms with Gasteiger partial charge in [0.25, 0.3) is 0 Å². The van der Waals surface area contributed by atoms with Gasteiger partial charge in [0.2, 0.25) is 5.91 Å². The van der Waals surface area contributed by atoms with Crippen molar-refractivity contribution < 1.29 is 4.79 Å². The standard InChI is InChI=1S/C11H21NOS/c1-3-4-5-6-9-14-10-7-8-12(2)11(10)13/h10H,3-9H2,1-2H3/t10-/m1/s1. The summed E-state index contributed by atoms with van der Waals surface area (Å²) in [6.07, 6.45) is 6.26. The Morgan fingerprint density at radius 2 is 2.21 bits per heavy atom. The fraction of sp³-hybridized carbons (Fsp3) is 0.909. The molecule has 1 rings (SSSR count). The zero-order valence-corrected chi connectivity index (χ0v) is 10.1. The Morgan fingerprint density at radius 1 is 1.43 bits per heavy atom. The van der Waals surface area contributed by atoms with Gasteiger partial charge < -0.3 is 4.90 Å². The fourth-order valence-electron chi connectivity index (χ4n) is 1.70. The van der Waals surface area contributed by atoms with E-state index >= 15 is 0 Å². The van der Waals surface area contributed by atoms with E-state index in [0.29, 0.717) is 5.91 Å². The molecule has 0 aromatic carbocycles. The molecule has 0 aromatic rings. The second-order valence-corrected chi connectivity index (χ2v) is 5.28. The number of hydrogen-bond acceptors (Lipinski definition) is 2. The van der Waals surface area contributed by atoms with Gasteiger partial charge in [-0.15, -0.1) is 11.8 Å². The van der Waals surface area contributed by atoms with Crippen LogP contribution in [0.25, 0.3) is 0 Å². The van der Waals surface area contributed by atoms with E-state index in [1.807, 2.05) is 23.7 Å². The third kappa shape index (κ3) is 3.52. The number of carbonyl (C=O) groups is 1. The van der Waals surface area contributed by atoms with Crippen LogP contribution in [-0.4, -0.2) is 35.4 Å². The average Bonchev–Trinajstić information content (AvgIpc) is 2.49. The van der Waals surface area contributed by atoms with Gasteiger partial charge in [-0.1, -0.05) is 26.2 Å². The highest BCUT2D eigenvalue weighted by molar-refractivity contribution is 8.00. The van der Waals surface area contributed by atoms with Gasteiger partial charge in [0.1, 0.15) is 0 Å². The third-order valence-electron chi connectivity index (χ3n) is 2.70. The lowest BCUT2D eigenvalue weighted by Gasteiger charge is -2.09. The molecule has 1 amide bonds. The first-order chi connectivity index (χ1) is 6.75. The lowest BCUT2D eigenvalue weighted by Crippen LogP contribution is -2.23. The lowest BCUT2D eigenvalue weighted by molar-refractivity contribution is -0.126. The quantitative estimate of drug-likeness (QED) is 0.635. The van der Waals surface area contributed by atoms with Crippen molar-refractivity contribution in [2.75, 3.05) is 19.3 Å². The second kappa shape index (κ2) is 6.33. The van der Waals surface area contributed by atoms with Crippen molar-refractivity contribution in [3.63, 3.8) is 0 Å². The average molecular weight is 215 g/mol. The molecular formula is C11H21NOS. The maximum absolute atomic E-state index is 11.5. The molecule has 3 heteroatoms. The van der Waals surface area contributed by atoms with E-state index in [1.54, 1.807) is 0 Å². The van der Waals surface area contributed by atoms with Crippen LogP contribution in [0.5, 0.6) is 0 Å². The molecule has 0 aliphatic carbocycles. The first-order valence-corrected chi connectivity index (χ1v) is 6.67. The fourth-order valence-corrected chi connectivity index (χ4v) is 2.95. The number of amides is 1. The predicted octanol–water partition coefficient (Wildman–Crippen LogP) is 2.53. The van der Waals surface area contributed by atoms with Crippen LogP contribution in [0.15, 0.2) is 0 Å². The topological polar surface area (TPSA) is 20.3 Å². The summed E-state index contributed by atoms with van der Waals surface area (Å²) in [7, 11) is 1.90. The number of thioether (sulfide) groups is 1. The van der Waals surface area contributed by atoms with Crippen LogP contribution in [0.3, 0.4) is 0 Å². The van der Waals surface area contributed by atoms with Crippen LogP contribution < -0.4 is 0 Å². The van der Waals surface area contributed by atoms with Gasteiger partial charge in [-0.05, 0) is 18.6 Å². The molecule has 2 nitrogen and oxygen atoms in total. The molecule has 0 N–H and O–H groups in total. The van der Waals surface area contributed by atoms with Crippen LogP contribution in [0.1, 0.15) is 39.0 Å². The van der Waals surface area contributed by atoms with Crippen molar-refractivity contribution in [1.82, 2.24) is 4.90 Å². The molecule has 1 heterocycles. The van der Waals surface area contributed by atoms with Crippen molar-refractivity contribution in [3.05, 3.63) is 0 Å². The van der Waals surface area contributed by atoms with Crippen molar-refractivity contribution in [2.24, 2.45) is 0 Å². The minimum Gasteiger partial charge on any atom is -0.345 e. The van der Waals surface area contributed by atoms with E-state index in [-0.39, 0.29) is 5.25 Å². The van der Waals surface area contributed by atoms with E-state index in [1.165, 1.54) is 25.7 Å². The minimum absolute atomic E-state index is 0.265. The SMILES string of the molecule is CCCCCCS[C@@H]1CCN(C)C1=O. The Balaban J connectivity index is 2.04. The molecule has 82 valence electrons. The summed E-state index contributed by atoms with van der Waals surface area (Å²) >= 11 is 1.86. The number of nitrogens with zero attached hydrogens (tertiary/aromatic N) is 1. The smallest absolute Gasteiger partial charge is 0.235 e. The molecule has 0 spiro atoms. The highest BCUT2D eigenvalue weighted by Gasteiger charge is 2.28. The second-order valence-electron chi connectivity index (χ2n) is 3.97. The molecule has 0 unspecified atom stereocenters. The summed E-state index contributed by atoms with van der Waals surface area (Å²) in [5, 5.41) is 0.265. The zero-order chi connectivity index (χ0) is 10.4. The number of unbranched alkanes of at least 4 members (excludes halogenated alkanes) is 3. The van der Waals surface area contributed by atoms with Crippen molar-refractivity contribution in [2.45, 2.75) is 44.3 Å². The molecule has 0 aromatic heterocycles. The molecule has 14 heavy (non-hydrogen) atoms. The molecule has 0 saturated carbocycles. The van der Waals surface area contributed by atoms with Crippen LogP contribution in [-0.2, 0) is 4.79 Å². The van der Waals surface area contributed by atoms with E-state index in [9.17, 15) is 4.79 Å². The molecule has 1 atom stereocenters. The van der Waals surface area contributed by atoms with Gasteiger partial charge in [0.05, 0.1) is 5.25 Å². The molecule has 1 fully saturated rings. The van der Waals surface area contributed by atoms with Gasteiger partial charge in [-0.25, -0.2) is 0 Å². The van der Waals surface area contributed by atoms with E-state index in [2.05, 4.69) is 6.92 Å². The molecule has 1 aliphatic rings. The maximum Gasteiger partial charge on any atom is 0.235 e. The highest BCUT2D eigenvalue weighted by Crippen LogP contribution is 2.23. The number of hydrogen-bond donors (Lipinski definition) is 0. The van der Waals surface area contributed by atoms with Crippen molar-refractivity contribution >= 4 is 17.7 Å². The molecular weight excluding hydrogens is 194 g/mol. The number of likely N-dealkylation sites (tertiary alicyclic amines) is 1. The van der Waals surface area contributed by atoms with Crippen LogP contribution in [0, 0.1) is 0 Å². The Morgan fingerprint density at radius 3 is 2.79 bits per heavy atom. The molecule has 0 radical (unpaired) electrons. The number of rotatable bonds is 6. The van der Waals surface area contributed by atoms with Gasteiger partial charge in [0, 0.05) is 13.6 Å². The van der Waals surface area contributed by atoms with Crippen LogP contribution in [0.4, 0.5) is 0 Å². The molecule has 0 bridgehead atoms. The zero-order valence-electron chi connectivity index (χ0n) is 9.29. The summed E-state index contributed by atoms with van der Waals surface area (Å²) in [5.74, 6) is 1.50. The monoisotopic (exact) mass is 215 g/mol. The van der Waals surface area contributed by atoms with E-state index in [4.69, 9.17) is 0 Å². The summed E-state index contributed by atoms with van der Waals surface area (Å²) < 4.78 is 0. The van der Waals surface area contributed by atoms with Gasteiger partial charge >= 0.3 is 0 Å². The van der Waals surface area contributed by atoms with Crippen LogP contribution >= 0.6 is 11.8 Å². The predicted molar refractivity (Wildman–Crippen MR) is 62.6 cm³/mol. The normalized spacial score (nSPS) is 22.0. The largest absolute Gasteiger partial charge is 0.345 e. The van der Waals surface area contributed by atoms with E-state index < -0.39 is 0 Å². The highest BCUT2D eigenvalue weighted by atomic mass is 32.2. The molecule has 1 saturated heterocycles. The van der Waals surface area contributed by atoms with Crippen molar-refractivity contribution in [1.29, 1.82) is 0 Å². The van der Waals surface area contributed by atoms with Gasteiger partial charge in [0.15, 0.2) is 0 Å². The summed E-state index contributed by atoms with van der Waals surface area (Å²) in [6.45, 7) is 3.17. The third-order valence-corrected chi connectivity index (χ3v) is 4.06. The number of carbonyl (C=O) groups excluding carboxylic acids is 1. The van der Waals surface area contributed by atoms with Gasteiger partial charge in [-0.3, -0.25) is 4.79 Å². The molecule has 1 aliphatic heterocycles. The maximum atomic E-state index is 11.5. The lowest BCUT2D eigenvalue weighted by atomic mass is 10.2. The summed E-state index contributed by atoms with van der Waals surface area (Å²) in [5.41, 5.74) is 0. The van der Waals surface area contributed by atoms with Crippen molar-refractivity contribution in [3.8, 4) is 0 Å². The first kappa shape index (κ1) is 11.9. The van der Waals surface area contributed by atoms with E-state index in [0.717, 1.165) is 18.7 Å². The van der Waals surface area contributed by atoms with Crippen LogP contribution in [0.2, 0.25) is 0 Å². The van der Waals surface area contributed by atoms with Gasteiger partial charge in [-0.2, -0.15) is 0 Å². The Hall–Kier alpha value is -0.180. The summed E-state index contributed by atoms with van der Waals surface area (Å²) in [6, 6.07) is 0. The summed E-state index contributed by atoms with van der Waals surface area (Å²) in [4.78, 5) is 13.4.